The van der Waals surface area contributed by atoms with Crippen molar-refractivity contribution in [3.63, 3.8) is 0 Å². The Morgan fingerprint density at radius 1 is 1.36 bits per heavy atom. The zero-order valence-electron chi connectivity index (χ0n) is 7.97. The van der Waals surface area contributed by atoms with Crippen LogP contribution in [0.5, 0.6) is 0 Å². The lowest BCUT2D eigenvalue weighted by Crippen LogP contribution is -2.08. The summed E-state index contributed by atoms with van der Waals surface area (Å²) in [6, 6.07) is 9.90. The molecule has 14 heavy (non-hydrogen) atoms. The van der Waals surface area contributed by atoms with E-state index in [-0.39, 0.29) is 17.3 Å². The average Bonchev–Trinajstić information content (AvgIpc) is 2.61. The Bertz CT molecular complexity index is 323. The Kier molecular flexibility index (Phi) is 2.77. The maximum absolute atomic E-state index is 11.3. The fourth-order valence-electron chi connectivity index (χ4n) is 1.62. The molecule has 74 valence electrons. The van der Waals surface area contributed by atoms with E-state index >= 15 is 0 Å². The van der Waals surface area contributed by atoms with Gasteiger partial charge in [-0.1, -0.05) is 30.3 Å². The van der Waals surface area contributed by atoms with Gasteiger partial charge in [-0.05, 0) is 11.8 Å². The van der Waals surface area contributed by atoms with Crippen LogP contribution >= 0.6 is 11.8 Å². The molecule has 0 unspecified atom stereocenters. The number of carbonyl (C=O) groups is 1. The van der Waals surface area contributed by atoms with Gasteiger partial charge in [0.2, 0.25) is 0 Å². The minimum absolute atomic E-state index is 0.0141. The van der Waals surface area contributed by atoms with E-state index in [0.29, 0.717) is 0 Å². The molecule has 0 spiro atoms. The van der Waals surface area contributed by atoms with Crippen molar-refractivity contribution in [3.05, 3.63) is 35.9 Å². The van der Waals surface area contributed by atoms with E-state index in [9.17, 15) is 4.79 Å². The SMILES string of the molecule is CS[C@@H]1C[C@@H](c2ccccc2)OC1=O. The Labute approximate surface area is 87.6 Å². The number of rotatable bonds is 2. The highest BCUT2D eigenvalue weighted by molar-refractivity contribution is 7.99. The number of benzene rings is 1. The summed E-state index contributed by atoms with van der Waals surface area (Å²) in [7, 11) is 0. The number of ether oxygens (including phenoxy) is 1. The first kappa shape index (κ1) is 9.59. The summed E-state index contributed by atoms with van der Waals surface area (Å²) in [6.07, 6.45) is 2.70. The van der Waals surface area contributed by atoms with Crippen LogP contribution in [-0.4, -0.2) is 17.5 Å². The Hall–Kier alpha value is -0.960. The van der Waals surface area contributed by atoms with Gasteiger partial charge in [0.15, 0.2) is 0 Å². The monoisotopic (exact) mass is 208 g/mol. The summed E-state index contributed by atoms with van der Waals surface area (Å²) in [5.41, 5.74) is 1.09. The van der Waals surface area contributed by atoms with Gasteiger partial charge in [-0.25, -0.2) is 0 Å². The van der Waals surface area contributed by atoms with E-state index in [2.05, 4.69) is 0 Å². The second-order valence-electron chi connectivity index (χ2n) is 3.30. The predicted molar refractivity (Wildman–Crippen MR) is 57.2 cm³/mol. The third-order valence-electron chi connectivity index (χ3n) is 2.41. The Morgan fingerprint density at radius 2 is 2.07 bits per heavy atom. The molecule has 2 rings (SSSR count). The molecule has 0 radical (unpaired) electrons. The molecule has 0 bridgehead atoms. The highest BCUT2D eigenvalue weighted by Gasteiger charge is 2.34. The van der Waals surface area contributed by atoms with E-state index in [1.54, 1.807) is 11.8 Å². The van der Waals surface area contributed by atoms with Gasteiger partial charge in [-0.2, -0.15) is 11.8 Å². The minimum atomic E-state index is -0.0775. The third-order valence-corrected chi connectivity index (χ3v) is 3.36. The highest BCUT2D eigenvalue weighted by atomic mass is 32.2. The predicted octanol–water partition coefficient (Wildman–Crippen LogP) is 2.41. The number of cyclic esters (lactones) is 1. The molecule has 0 N–H and O–H groups in total. The van der Waals surface area contributed by atoms with Gasteiger partial charge in [0.25, 0.3) is 0 Å². The molecule has 1 heterocycles. The van der Waals surface area contributed by atoms with Crippen molar-refractivity contribution in [3.8, 4) is 0 Å². The normalized spacial score (nSPS) is 26.2. The van der Waals surface area contributed by atoms with E-state index in [1.165, 1.54) is 0 Å². The molecular formula is C11H12O2S. The maximum Gasteiger partial charge on any atom is 0.319 e. The Morgan fingerprint density at radius 3 is 2.64 bits per heavy atom. The fraction of sp³-hybridized carbons (Fsp3) is 0.364. The van der Waals surface area contributed by atoms with Crippen molar-refractivity contribution in [1.82, 2.24) is 0 Å². The first-order valence-corrected chi connectivity index (χ1v) is 5.88. The van der Waals surface area contributed by atoms with Gasteiger partial charge in [-0.15, -0.1) is 0 Å². The van der Waals surface area contributed by atoms with Crippen LogP contribution in [0.15, 0.2) is 30.3 Å². The molecule has 1 saturated heterocycles. The van der Waals surface area contributed by atoms with Gasteiger partial charge in [-0.3, -0.25) is 4.79 Å². The molecule has 0 aromatic heterocycles. The second kappa shape index (κ2) is 4.05. The highest BCUT2D eigenvalue weighted by Crippen LogP contribution is 2.34. The topological polar surface area (TPSA) is 26.3 Å². The van der Waals surface area contributed by atoms with Crippen molar-refractivity contribution >= 4 is 17.7 Å². The fourth-order valence-corrected chi connectivity index (χ4v) is 2.23. The average molecular weight is 208 g/mol. The van der Waals surface area contributed by atoms with Crippen LogP contribution in [0.1, 0.15) is 18.1 Å². The van der Waals surface area contributed by atoms with Crippen LogP contribution in [0.3, 0.4) is 0 Å². The van der Waals surface area contributed by atoms with Gasteiger partial charge >= 0.3 is 5.97 Å². The third kappa shape index (κ3) is 1.77. The lowest BCUT2D eigenvalue weighted by Gasteiger charge is -2.07. The van der Waals surface area contributed by atoms with E-state index in [4.69, 9.17) is 4.74 Å². The summed E-state index contributed by atoms with van der Waals surface area (Å²) in [5, 5.41) is 0.0141. The molecule has 1 fully saturated rings. The van der Waals surface area contributed by atoms with Gasteiger partial charge in [0, 0.05) is 6.42 Å². The van der Waals surface area contributed by atoms with Crippen LogP contribution in [0.2, 0.25) is 0 Å². The van der Waals surface area contributed by atoms with Gasteiger partial charge in [0.1, 0.15) is 11.4 Å². The smallest absolute Gasteiger partial charge is 0.319 e. The molecule has 1 aromatic carbocycles. The van der Waals surface area contributed by atoms with Crippen molar-refractivity contribution < 1.29 is 9.53 Å². The van der Waals surface area contributed by atoms with Crippen molar-refractivity contribution in [2.45, 2.75) is 17.8 Å². The van der Waals surface area contributed by atoms with Crippen molar-refractivity contribution in [2.75, 3.05) is 6.26 Å². The van der Waals surface area contributed by atoms with Crippen LogP contribution < -0.4 is 0 Å². The van der Waals surface area contributed by atoms with E-state index in [0.717, 1.165) is 12.0 Å². The number of thioether (sulfide) groups is 1. The molecule has 0 saturated carbocycles. The quantitative estimate of drug-likeness (QED) is 0.698. The van der Waals surface area contributed by atoms with Crippen LogP contribution in [0, 0.1) is 0 Å². The van der Waals surface area contributed by atoms with Crippen LogP contribution in [0.4, 0.5) is 0 Å². The standard InChI is InChI=1S/C11H12O2S/c1-14-10-7-9(13-11(10)12)8-5-3-2-4-6-8/h2-6,9-10H,7H2,1H3/t9-,10+/m0/s1. The number of hydrogen-bond acceptors (Lipinski definition) is 3. The summed E-state index contributed by atoms with van der Waals surface area (Å²) in [6.45, 7) is 0. The number of carbonyl (C=O) groups excluding carboxylic acids is 1. The molecule has 2 nitrogen and oxygen atoms in total. The lowest BCUT2D eigenvalue weighted by molar-refractivity contribution is -0.141. The van der Waals surface area contributed by atoms with E-state index < -0.39 is 0 Å². The molecular weight excluding hydrogens is 196 g/mol. The molecule has 1 aromatic rings. The van der Waals surface area contributed by atoms with E-state index in [1.807, 2.05) is 36.6 Å². The molecule has 0 aliphatic carbocycles. The summed E-state index contributed by atoms with van der Waals surface area (Å²) < 4.78 is 5.29. The summed E-state index contributed by atoms with van der Waals surface area (Å²) >= 11 is 1.56. The van der Waals surface area contributed by atoms with Gasteiger partial charge in [0.05, 0.1) is 0 Å². The zero-order chi connectivity index (χ0) is 9.97. The van der Waals surface area contributed by atoms with Crippen molar-refractivity contribution in [1.29, 1.82) is 0 Å². The second-order valence-corrected chi connectivity index (χ2v) is 4.34. The lowest BCUT2D eigenvalue weighted by atomic mass is 10.1. The molecule has 2 atom stereocenters. The summed E-state index contributed by atoms with van der Waals surface area (Å²) in [4.78, 5) is 11.3. The minimum Gasteiger partial charge on any atom is -0.457 e. The molecule has 1 aliphatic rings. The maximum atomic E-state index is 11.3. The molecule has 1 aliphatic heterocycles. The van der Waals surface area contributed by atoms with Crippen molar-refractivity contribution in [2.24, 2.45) is 0 Å². The van der Waals surface area contributed by atoms with Crippen LogP contribution in [-0.2, 0) is 9.53 Å². The molecule has 3 heteroatoms. The molecule has 0 amide bonds. The number of esters is 1. The number of hydrogen-bond donors (Lipinski definition) is 0. The van der Waals surface area contributed by atoms with Crippen LogP contribution in [0.25, 0.3) is 0 Å². The largest absolute Gasteiger partial charge is 0.457 e. The zero-order valence-corrected chi connectivity index (χ0v) is 8.79. The summed E-state index contributed by atoms with van der Waals surface area (Å²) in [5.74, 6) is -0.0775. The first-order chi connectivity index (χ1) is 6.81. The van der Waals surface area contributed by atoms with Gasteiger partial charge < -0.3 is 4.74 Å². The first-order valence-electron chi connectivity index (χ1n) is 4.59. The Balaban J connectivity index is 2.13.